The highest BCUT2D eigenvalue weighted by atomic mass is 32.1. The van der Waals surface area contributed by atoms with Crippen LogP contribution in [-0.4, -0.2) is 30.2 Å². The number of unbranched alkanes of at least 4 members (excludes halogenated alkanes) is 2. The number of hydrogen-bond acceptors (Lipinski definition) is 5. The predicted octanol–water partition coefficient (Wildman–Crippen LogP) is 4.95. The smallest absolute Gasteiger partial charge is 0.338 e. The molecule has 7 heteroatoms. The van der Waals surface area contributed by atoms with Crippen LogP contribution in [0.15, 0.2) is 48.5 Å². The van der Waals surface area contributed by atoms with Gasteiger partial charge >= 0.3 is 5.97 Å². The molecule has 160 valence electrons. The summed E-state index contributed by atoms with van der Waals surface area (Å²) in [6.07, 6.45) is 3.89. The number of para-hydroxylation sites is 1. The van der Waals surface area contributed by atoms with Gasteiger partial charge in [0.25, 0.3) is 5.91 Å². The quantitative estimate of drug-likeness (QED) is 0.317. The fraction of sp³-hybridized carbons (Fsp3) is 0.348. The molecule has 0 heterocycles. The minimum Gasteiger partial charge on any atom is -0.493 e. The van der Waals surface area contributed by atoms with Crippen LogP contribution in [0.1, 0.15) is 60.2 Å². The molecule has 0 aliphatic carbocycles. The van der Waals surface area contributed by atoms with Crippen LogP contribution in [0, 0.1) is 0 Å². The normalized spacial score (nSPS) is 10.2. The molecular formula is C23H28N2O4S. The maximum atomic E-state index is 12.6. The first-order chi connectivity index (χ1) is 14.5. The van der Waals surface area contributed by atoms with Gasteiger partial charge in [-0.2, -0.15) is 0 Å². The molecule has 2 rings (SSSR count). The fourth-order valence-electron chi connectivity index (χ4n) is 2.61. The lowest BCUT2D eigenvalue weighted by atomic mass is 10.2. The van der Waals surface area contributed by atoms with Gasteiger partial charge in [-0.15, -0.1) is 0 Å². The molecule has 0 unspecified atom stereocenters. The third-order valence-electron chi connectivity index (χ3n) is 4.18. The van der Waals surface area contributed by atoms with E-state index < -0.39 is 0 Å². The van der Waals surface area contributed by atoms with E-state index in [2.05, 4.69) is 17.6 Å². The number of carbonyl (C=O) groups excluding carboxylic acids is 2. The molecule has 6 nitrogen and oxygen atoms in total. The molecule has 30 heavy (non-hydrogen) atoms. The molecule has 0 bridgehead atoms. The summed E-state index contributed by atoms with van der Waals surface area (Å²) in [7, 11) is 0. The van der Waals surface area contributed by atoms with Crippen LogP contribution in [0.3, 0.4) is 0 Å². The number of thiocarbonyl (C=S) groups is 1. The van der Waals surface area contributed by atoms with Crippen molar-refractivity contribution < 1.29 is 19.1 Å². The molecule has 0 atom stereocenters. The van der Waals surface area contributed by atoms with E-state index >= 15 is 0 Å². The molecule has 0 spiro atoms. The second-order valence-corrected chi connectivity index (χ2v) is 7.08. The summed E-state index contributed by atoms with van der Waals surface area (Å²) in [5.74, 6) is -0.183. The summed E-state index contributed by atoms with van der Waals surface area (Å²) < 4.78 is 10.9. The van der Waals surface area contributed by atoms with Gasteiger partial charge in [-0.3, -0.25) is 10.1 Å². The highest BCUT2D eigenvalue weighted by molar-refractivity contribution is 7.80. The van der Waals surface area contributed by atoms with Gasteiger partial charge in [-0.05, 0) is 61.5 Å². The van der Waals surface area contributed by atoms with Crippen molar-refractivity contribution in [1.82, 2.24) is 5.32 Å². The van der Waals surface area contributed by atoms with Gasteiger partial charge in [0.05, 0.1) is 24.3 Å². The highest BCUT2D eigenvalue weighted by Crippen LogP contribution is 2.18. The number of benzene rings is 2. The Balaban J connectivity index is 1.92. The largest absolute Gasteiger partial charge is 0.493 e. The van der Waals surface area contributed by atoms with Crippen molar-refractivity contribution in [2.75, 3.05) is 18.5 Å². The predicted molar refractivity (Wildman–Crippen MR) is 122 cm³/mol. The van der Waals surface area contributed by atoms with E-state index in [0.29, 0.717) is 35.8 Å². The van der Waals surface area contributed by atoms with Gasteiger partial charge in [0.1, 0.15) is 5.75 Å². The molecular weight excluding hydrogens is 400 g/mol. The second kappa shape index (κ2) is 12.6. The maximum absolute atomic E-state index is 12.6. The Morgan fingerprint density at radius 3 is 2.37 bits per heavy atom. The highest BCUT2D eigenvalue weighted by Gasteiger charge is 2.14. The standard InChI is InChI=1S/C23H28N2O4S/c1-3-5-8-16-28-20-10-7-6-9-19(20)21(26)25-23(30)24-18-13-11-17(12-14-18)22(27)29-15-4-2/h6-7,9-14H,3-5,8,15-16H2,1-2H3,(H2,24,25,26,30). The molecule has 1 amide bonds. The average Bonchev–Trinajstić information content (AvgIpc) is 2.75. The van der Waals surface area contributed by atoms with Crippen molar-refractivity contribution in [1.29, 1.82) is 0 Å². The number of amides is 1. The van der Waals surface area contributed by atoms with Crippen LogP contribution in [-0.2, 0) is 4.74 Å². The minimum absolute atomic E-state index is 0.155. The zero-order valence-corrected chi connectivity index (χ0v) is 18.2. The molecule has 0 aliphatic rings. The number of anilines is 1. The minimum atomic E-state index is -0.366. The van der Waals surface area contributed by atoms with E-state index in [4.69, 9.17) is 21.7 Å². The van der Waals surface area contributed by atoms with E-state index in [0.717, 1.165) is 25.7 Å². The van der Waals surface area contributed by atoms with E-state index in [1.165, 1.54) is 0 Å². The molecule has 0 aromatic heterocycles. The van der Waals surface area contributed by atoms with Gasteiger partial charge in [-0.25, -0.2) is 4.79 Å². The van der Waals surface area contributed by atoms with E-state index in [9.17, 15) is 9.59 Å². The third-order valence-corrected chi connectivity index (χ3v) is 4.38. The first-order valence-corrected chi connectivity index (χ1v) is 10.6. The van der Waals surface area contributed by atoms with Crippen LogP contribution in [0.4, 0.5) is 5.69 Å². The van der Waals surface area contributed by atoms with Crippen molar-refractivity contribution in [3.05, 3.63) is 59.7 Å². The zero-order valence-electron chi connectivity index (χ0n) is 17.4. The molecule has 2 aromatic rings. The number of carbonyl (C=O) groups is 2. The topological polar surface area (TPSA) is 76.7 Å². The summed E-state index contributed by atoms with van der Waals surface area (Å²) in [4.78, 5) is 24.5. The number of ether oxygens (including phenoxy) is 2. The third kappa shape index (κ3) is 7.48. The average molecular weight is 429 g/mol. The first-order valence-electron chi connectivity index (χ1n) is 10.2. The summed E-state index contributed by atoms with van der Waals surface area (Å²) in [5.41, 5.74) is 1.53. The van der Waals surface area contributed by atoms with Crippen molar-refractivity contribution in [2.24, 2.45) is 0 Å². The SMILES string of the molecule is CCCCCOc1ccccc1C(=O)NC(=S)Nc1ccc(C(=O)OCCC)cc1. The van der Waals surface area contributed by atoms with Crippen LogP contribution in [0.5, 0.6) is 5.75 Å². The monoisotopic (exact) mass is 428 g/mol. The zero-order chi connectivity index (χ0) is 21.8. The Morgan fingerprint density at radius 1 is 0.933 bits per heavy atom. The van der Waals surface area contributed by atoms with Gasteiger partial charge in [0.15, 0.2) is 5.11 Å². The van der Waals surface area contributed by atoms with E-state index in [1.54, 1.807) is 42.5 Å². The van der Waals surface area contributed by atoms with Crippen LogP contribution in [0.2, 0.25) is 0 Å². The van der Waals surface area contributed by atoms with Crippen LogP contribution in [0.25, 0.3) is 0 Å². The lowest BCUT2D eigenvalue weighted by molar-refractivity contribution is 0.0505. The number of nitrogens with one attached hydrogen (secondary N) is 2. The number of rotatable bonds is 10. The van der Waals surface area contributed by atoms with E-state index in [-0.39, 0.29) is 17.0 Å². The summed E-state index contributed by atoms with van der Waals surface area (Å²) in [6.45, 7) is 5.01. The second-order valence-electron chi connectivity index (χ2n) is 6.67. The number of esters is 1. The summed E-state index contributed by atoms with van der Waals surface area (Å²) in [5, 5.41) is 5.75. The Labute approximate surface area is 183 Å². The first kappa shape index (κ1) is 23.3. The Kier molecular flexibility index (Phi) is 9.80. The molecule has 2 N–H and O–H groups in total. The van der Waals surface area contributed by atoms with Gasteiger partial charge in [0.2, 0.25) is 0 Å². The van der Waals surface area contributed by atoms with Gasteiger partial charge < -0.3 is 14.8 Å². The number of hydrogen-bond donors (Lipinski definition) is 2. The van der Waals surface area contributed by atoms with Crippen LogP contribution >= 0.6 is 12.2 Å². The molecule has 0 aliphatic heterocycles. The molecule has 0 fully saturated rings. The maximum Gasteiger partial charge on any atom is 0.338 e. The summed E-state index contributed by atoms with van der Waals surface area (Å²) in [6, 6.07) is 13.8. The fourth-order valence-corrected chi connectivity index (χ4v) is 2.83. The molecule has 0 saturated heterocycles. The Hall–Kier alpha value is -2.93. The lowest BCUT2D eigenvalue weighted by Gasteiger charge is -2.13. The van der Waals surface area contributed by atoms with Gasteiger partial charge in [-0.1, -0.05) is 38.8 Å². The van der Waals surface area contributed by atoms with Crippen molar-refractivity contribution >= 4 is 34.9 Å². The summed E-state index contributed by atoms with van der Waals surface area (Å²) >= 11 is 5.24. The lowest BCUT2D eigenvalue weighted by Crippen LogP contribution is -2.34. The van der Waals surface area contributed by atoms with Crippen molar-refractivity contribution in [2.45, 2.75) is 39.5 Å². The molecule has 0 saturated carbocycles. The molecule has 0 radical (unpaired) electrons. The van der Waals surface area contributed by atoms with Gasteiger partial charge in [0, 0.05) is 5.69 Å². The van der Waals surface area contributed by atoms with E-state index in [1.807, 2.05) is 13.0 Å². The van der Waals surface area contributed by atoms with Crippen LogP contribution < -0.4 is 15.4 Å². The van der Waals surface area contributed by atoms with Crippen molar-refractivity contribution in [3.63, 3.8) is 0 Å². The Bertz CT molecular complexity index is 853. The van der Waals surface area contributed by atoms with Crippen molar-refractivity contribution in [3.8, 4) is 5.75 Å². The Morgan fingerprint density at radius 2 is 1.67 bits per heavy atom. The molecule has 2 aromatic carbocycles.